The minimum Gasteiger partial charge on any atom is -0.379 e. The van der Waals surface area contributed by atoms with E-state index in [9.17, 15) is 23.3 Å². The highest BCUT2D eigenvalue weighted by Gasteiger charge is 2.42. The number of rotatable bonds is 2. The zero-order chi connectivity index (χ0) is 12.5. The maximum absolute atomic E-state index is 12.2. The molecule has 1 atom stereocenters. The number of hydrogen-bond acceptors (Lipinski definition) is 3. The second kappa shape index (κ2) is 4.26. The molecule has 0 radical (unpaired) electrons. The van der Waals surface area contributed by atoms with Crippen molar-refractivity contribution in [2.75, 3.05) is 0 Å². The number of hydrogen-bond donors (Lipinski definition) is 1. The van der Waals surface area contributed by atoms with Crippen molar-refractivity contribution in [2.45, 2.75) is 12.3 Å². The Balaban J connectivity index is 3.28. The molecule has 0 saturated carbocycles. The fraction of sp³-hybridized carbons (Fsp3) is 0.250. The van der Waals surface area contributed by atoms with E-state index < -0.39 is 28.5 Å². The van der Waals surface area contributed by atoms with Gasteiger partial charge in [0.05, 0.1) is 10.5 Å². The van der Waals surface area contributed by atoms with Gasteiger partial charge in [-0.3, -0.25) is 10.1 Å². The Hall–Kier alpha value is -1.34. The van der Waals surface area contributed by atoms with Crippen LogP contribution >= 0.6 is 11.6 Å². The van der Waals surface area contributed by atoms with Gasteiger partial charge in [0.2, 0.25) is 0 Å². The molecule has 8 heteroatoms. The van der Waals surface area contributed by atoms with Gasteiger partial charge >= 0.3 is 6.18 Å². The molecular weight excluding hydrogens is 251 g/mol. The lowest BCUT2D eigenvalue weighted by atomic mass is 10.1. The summed E-state index contributed by atoms with van der Waals surface area (Å²) in [5.41, 5.74) is -1.70. The number of nitro groups is 1. The van der Waals surface area contributed by atoms with E-state index in [-0.39, 0.29) is 5.02 Å². The molecule has 0 heterocycles. The Morgan fingerprint density at radius 2 is 2.00 bits per heavy atom. The Kier molecular flexibility index (Phi) is 3.39. The molecule has 0 amide bonds. The summed E-state index contributed by atoms with van der Waals surface area (Å²) in [5, 5.41) is 19.3. The van der Waals surface area contributed by atoms with Gasteiger partial charge in [0.25, 0.3) is 5.69 Å². The molecule has 0 bridgehead atoms. The SMILES string of the molecule is O=[N+]([O-])c1cc(Cl)ccc1C(O)C(F)(F)F. The average molecular weight is 256 g/mol. The monoisotopic (exact) mass is 255 g/mol. The summed E-state index contributed by atoms with van der Waals surface area (Å²) >= 11 is 5.41. The summed E-state index contributed by atoms with van der Waals surface area (Å²) in [6.45, 7) is 0. The highest BCUT2D eigenvalue weighted by Crippen LogP contribution is 2.37. The molecule has 1 unspecified atom stereocenters. The summed E-state index contributed by atoms with van der Waals surface area (Å²) in [5.74, 6) is 0. The Morgan fingerprint density at radius 3 is 2.44 bits per heavy atom. The molecule has 0 aliphatic carbocycles. The lowest BCUT2D eigenvalue weighted by Gasteiger charge is -2.14. The molecule has 4 nitrogen and oxygen atoms in total. The quantitative estimate of drug-likeness (QED) is 0.653. The lowest BCUT2D eigenvalue weighted by Crippen LogP contribution is -2.21. The molecule has 16 heavy (non-hydrogen) atoms. The number of aliphatic hydroxyl groups is 1. The van der Waals surface area contributed by atoms with Crippen molar-refractivity contribution in [3.05, 3.63) is 38.9 Å². The molecule has 0 aliphatic rings. The van der Waals surface area contributed by atoms with Crippen LogP contribution in [0.5, 0.6) is 0 Å². The Labute approximate surface area is 92.4 Å². The van der Waals surface area contributed by atoms with Crippen molar-refractivity contribution in [1.82, 2.24) is 0 Å². The van der Waals surface area contributed by atoms with Gasteiger partial charge in [-0.05, 0) is 12.1 Å². The fourth-order valence-electron chi connectivity index (χ4n) is 1.08. The van der Waals surface area contributed by atoms with Crippen molar-refractivity contribution in [3.63, 3.8) is 0 Å². The van der Waals surface area contributed by atoms with E-state index in [1.807, 2.05) is 0 Å². The van der Waals surface area contributed by atoms with Crippen LogP contribution in [0.1, 0.15) is 11.7 Å². The zero-order valence-corrected chi connectivity index (χ0v) is 8.29. The van der Waals surface area contributed by atoms with Gasteiger partial charge in [-0.1, -0.05) is 11.6 Å². The van der Waals surface area contributed by atoms with E-state index in [4.69, 9.17) is 16.7 Å². The molecule has 0 fully saturated rings. The summed E-state index contributed by atoms with van der Waals surface area (Å²) in [7, 11) is 0. The number of aliphatic hydroxyl groups excluding tert-OH is 1. The second-order valence-electron chi connectivity index (χ2n) is 2.90. The third kappa shape index (κ3) is 2.61. The van der Waals surface area contributed by atoms with Crippen LogP contribution < -0.4 is 0 Å². The van der Waals surface area contributed by atoms with Crippen LogP contribution in [0, 0.1) is 10.1 Å². The van der Waals surface area contributed by atoms with Gasteiger partial charge in [-0.2, -0.15) is 13.2 Å². The number of nitro benzene ring substituents is 1. The molecule has 0 spiro atoms. The van der Waals surface area contributed by atoms with Crippen molar-refractivity contribution in [1.29, 1.82) is 0 Å². The summed E-state index contributed by atoms with van der Waals surface area (Å²) in [6.07, 6.45) is -7.86. The smallest absolute Gasteiger partial charge is 0.379 e. The predicted molar refractivity (Wildman–Crippen MR) is 49.1 cm³/mol. The maximum Gasteiger partial charge on any atom is 0.418 e. The van der Waals surface area contributed by atoms with Gasteiger partial charge in [0.15, 0.2) is 6.10 Å². The number of alkyl halides is 3. The number of nitrogens with zero attached hydrogens (tertiary/aromatic N) is 1. The second-order valence-corrected chi connectivity index (χ2v) is 3.34. The van der Waals surface area contributed by atoms with Gasteiger partial charge in [0, 0.05) is 11.1 Å². The molecule has 1 rings (SSSR count). The standard InChI is InChI=1S/C8H5ClF3NO3/c9-4-1-2-5(6(3-4)13(15)16)7(14)8(10,11)12/h1-3,7,14H. The normalized spacial score (nSPS) is 13.6. The first kappa shape index (κ1) is 12.7. The lowest BCUT2D eigenvalue weighted by molar-refractivity contribution is -0.387. The average Bonchev–Trinajstić information content (AvgIpc) is 2.15. The van der Waals surface area contributed by atoms with E-state index in [1.54, 1.807) is 0 Å². The number of halogens is 4. The molecular formula is C8H5ClF3NO3. The van der Waals surface area contributed by atoms with E-state index in [0.29, 0.717) is 0 Å². The summed E-state index contributed by atoms with van der Waals surface area (Å²) in [6, 6.07) is 2.57. The van der Waals surface area contributed by atoms with Crippen LogP contribution in [-0.4, -0.2) is 16.2 Å². The van der Waals surface area contributed by atoms with Crippen LogP contribution in [0.15, 0.2) is 18.2 Å². The van der Waals surface area contributed by atoms with Gasteiger partial charge < -0.3 is 5.11 Å². The molecule has 1 N–H and O–H groups in total. The van der Waals surface area contributed by atoms with E-state index in [1.165, 1.54) is 0 Å². The van der Waals surface area contributed by atoms with Crippen LogP contribution in [0.2, 0.25) is 5.02 Å². The Morgan fingerprint density at radius 1 is 1.44 bits per heavy atom. The fourth-order valence-corrected chi connectivity index (χ4v) is 1.25. The highest BCUT2D eigenvalue weighted by atomic mass is 35.5. The van der Waals surface area contributed by atoms with Crippen molar-refractivity contribution in [3.8, 4) is 0 Å². The Bertz CT molecular complexity index is 421. The first-order valence-corrected chi connectivity index (χ1v) is 4.30. The summed E-state index contributed by atoms with van der Waals surface area (Å²) in [4.78, 5) is 9.44. The first-order valence-electron chi connectivity index (χ1n) is 3.92. The molecule has 0 aliphatic heterocycles. The number of benzene rings is 1. The van der Waals surface area contributed by atoms with Gasteiger partial charge in [-0.25, -0.2) is 0 Å². The molecule has 1 aromatic carbocycles. The van der Waals surface area contributed by atoms with Crippen molar-refractivity contribution < 1.29 is 23.2 Å². The van der Waals surface area contributed by atoms with Crippen LogP contribution in [-0.2, 0) is 0 Å². The highest BCUT2D eigenvalue weighted by molar-refractivity contribution is 6.30. The molecule has 1 aromatic rings. The zero-order valence-electron chi connectivity index (χ0n) is 7.53. The third-order valence-corrected chi connectivity index (χ3v) is 2.03. The molecule has 0 saturated heterocycles. The predicted octanol–water partition coefficient (Wildman–Crippen LogP) is 2.84. The van der Waals surface area contributed by atoms with Gasteiger partial charge in [0.1, 0.15) is 0 Å². The summed E-state index contributed by atoms with van der Waals surface area (Å²) < 4.78 is 36.5. The third-order valence-electron chi connectivity index (χ3n) is 1.79. The van der Waals surface area contributed by atoms with E-state index >= 15 is 0 Å². The van der Waals surface area contributed by atoms with Crippen molar-refractivity contribution >= 4 is 17.3 Å². The van der Waals surface area contributed by atoms with Crippen LogP contribution in [0.3, 0.4) is 0 Å². The van der Waals surface area contributed by atoms with Crippen LogP contribution in [0.4, 0.5) is 18.9 Å². The minimum atomic E-state index is -4.96. The largest absolute Gasteiger partial charge is 0.418 e. The van der Waals surface area contributed by atoms with Gasteiger partial charge in [-0.15, -0.1) is 0 Å². The minimum absolute atomic E-state index is 0.0789. The van der Waals surface area contributed by atoms with E-state index in [0.717, 1.165) is 18.2 Å². The topological polar surface area (TPSA) is 63.4 Å². The van der Waals surface area contributed by atoms with Crippen LogP contribution in [0.25, 0.3) is 0 Å². The maximum atomic E-state index is 12.2. The van der Waals surface area contributed by atoms with Crippen molar-refractivity contribution in [2.24, 2.45) is 0 Å². The molecule has 88 valence electrons. The first-order chi connectivity index (χ1) is 7.23. The molecule has 0 aromatic heterocycles. The van der Waals surface area contributed by atoms with E-state index in [2.05, 4.69) is 0 Å².